The van der Waals surface area contributed by atoms with Crippen molar-refractivity contribution in [1.82, 2.24) is 0 Å². The second kappa shape index (κ2) is 5.50. The summed E-state index contributed by atoms with van der Waals surface area (Å²) in [5.74, 6) is -2.78. The molecule has 0 aliphatic rings. The first-order valence-corrected chi connectivity index (χ1v) is 5.14. The fraction of sp³-hybridized carbons (Fsp3) is 0.250. The highest BCUT2D eigenvalue weighted by Gasteiger charge is 2.23. The van der Waals surface area contributed by atoms with E-state index >= 15 is 0 Å². The van der Waals surface area contributed by atoms with Crippen LogP contribution in [0.15, 0.2) is 12.1 Å². The van der Waals surface area contributed by atoms with Crippen LogP contribution in [0.2, 0.25) is 0 Å². The summed E-state index contributed by atoms with van der Waals surface area (Å²) < 4.78 is 13.5. The van der Waals surface area contributed by atoms with Crippen LogP contribution < -0.4 is 5.73 Å². The van der Waals surface area contributed by atoms with Crippen LogP contribution in [-0.4, -0.2) is 29.7 Å². The summed E-state index contributed by atoms with van der Waals surface area (Å²) in [6.07, 6.45) is 0.537. The molecule has 0 amide bonds. The number of carboxylic acid groups (broad SMARTS) is 1. The summed E-state index contributed by atoms with van der Waals surface area (Å²) in [5, 5.41) is 8.78. The van der Waals surface area contributed by atoms with Crippen molar-refractivity contribution in [2.24, 2.45) is 5.73 Å². The van der Waals surface area contributed by atoms with E-state index in [1.165, 1.54) is 19.1 Å². The van der Waals surface area contributed by atoms with Crippen LogP contribution in [0.25, 0.3) is 0 Å². The number of nitrogens with two attached hydrogens (primary N) is 1. The largest absolute Gasteiger partial charge is 0.480 e. The first-order valence-electron chi connectivity index (χ1n) is 5.14. The topological polar surface area (TPSA) is 97.5 Å². The van der Waals surface area contributed by atoms with Crippen molar-refractivity contribution in [2.45, 2.75) is 18.9 Å². The standard InChI is InChI=1S/C12H12FNO4/c1-6(11(14)12(17)18)7-2-8(4-15)10(13)9(3-7)5-16/h2-6,11H,14H2,1H3,(H,17,18)/t6?,11-/m1/s1. The van der Waals surface area contributed by atoms with Crippen molar-refractivity contribution < 1.29 is 23.9 Å². The zero-order valence-corrected chi connectivity index (χ0v) is 9.59. The van der Waals surface area contributed by atoms with E-state index in [4.69, 9.17) is 10.8 Å². The molecule has 5 nitrogen and oxygen atoms in total. The maximum atomic E-state index is 13.5. The molecule has 1 aromatic carbocycles. The van der Waals surface area contributed by atoms with Gasteiger partial charge in [0.1, 0.15) is 11.9 Å². The molecule has 0 radical (unpaired) electrons. The smallest absolute Gasteiger partial charge is 0.321 e. The first kappa shape index (κ1) is 14.0. The van der Waals surface area contributed by atoms with Crippen LogP contribution in [0.4, 0.5) is 4.39 Å². The predicted molar refractivity (Wildman–Crippen MR) is 61.2 cm³/mol. The van der Waals surface area contributed by atoms with Gasteiger partial charge in [-0.15, -0.1) is 0 Å². The van der Waals surface area contributed by atoms with E-state index < -0.39 is 23.7 Å². The molecule has 1 unspecified atom stereocenters. The number of aldehydes is 2. The lowest BCUT2D eigenvalue weighted by Crippen LogP contribution is -2.35. The zero-order valence-electron chi connectivity index (χ0n) is 9.59. The van der Waals surface area contributed by atoms with Gasteiger partial charge in [0, 0.05) is 5.92 Å². The average molecular weight is 253 g/mol. The third kappa shape index (κ3) is 2.60. The van der Waals surface area contributed by atoms with Crippen LogP contribution in [0.5, 0.6) is 0 Å². The Morgan fingerprint density at radius 1 is 1.33 bits per heavy atom. The minimum atomic E-state index is -1.22. The van der Waals surface area contributed by atoms with E-state index in [2.05, 4.69) is 0 Å². The van der Waals surface area contributed by atoms with Gasteiger partial charge in [0.05, 0.1) is 11.1 Å². The molecule has 0 aromatic heterocycles. The highest BCUT2D eigenvalue weighted by molar-refractivity contribution is 5.83. The van der Waals surface area contributed by atoms with E-state index in [1.54, 1.807) is 0 Å². The highest BCUT2D eigenvalue weighted by atomic mass is 19.1. The quantitative estimate of drug-likeness (QED) is 0.762. The summed E-state index contributed by atoms with van der Waals surface area (Å²) in [5.41, 5.74) is 5.19. The molecule has 0 fully saturated rings. The summed E-state index contributed by atoms with van der Waals surface area (Å²) in [6.45, 7) is 1.52. The normalized spacial score (nSPS) is 13.7. The zero-order chi connectivity index (χ0) is 13.9. The van der Waals surface area contributed by atoms with Gasteiger partial charge in [-0.25, -0.2) is 4.39 Å². The number of benzene rings is 1. The Hall–Kier alpha value is -2.08. The summed E-state index contributed by atoms with van der Waals surface area (Å²) in [6, 6.07) is 1.19. The third-order valence-electron chi connectivity index (χ3n) is 2.75. The molecule has 1 rings (SSSR count). The molecular weight excluding hydrogens is 241 g/mol. The van der Waals surface area contributed by atoms with Gasteiger partial charge in [-0.05, 0) is 17.7 Å². The Bertz CT molecular complexity index is 472. The van der Waals surface area contributed by atoms with E-state index in [1.807, 2.05) is 0 Å². The second-order valence-corrected chi connectivity index (χ2v) is 3.90. The number of hydrogen-bond donors (Lipinski definition) is 2. The van der Waals surface area contributed by atoms with Crippen molar-refractivity contribution in [3.63, 3.8) is 0 Å². The molecule has 3 N–H and O–H groups in total. The Labute approximate surface area is 102 Å². The first-order chi connectivity index (χ1) is 8.42. The fourth-order valence-electron chi connectivity index (χ4n) is 1.55. The van der Waals surface area contributed by atoms with E-state index in [0.29, 0.717) is 5.56 Å². The second-order valence-electron chi connectivity index (χ2n) is 3.90. The Morgan fingerprint density at radius 3 is 2.11 bits per heavy atom. The van der Waals surface area contributed by atoms with Crippen LogP contribution in [0, 0.1) is 5.82 Å². The Morgan fingerprint density at radius 2 is 1.78 bits per heavy atom. The van der Waals surface area contributed by atoms with Gasteiger partial charge in [-0.1, -0.05) is 6.92 Å². The third-order valence-corrected chi connectivity index (χ3v) is 2.75. The molecule has 0 saturated carbocycles. The molecule has 2 atom stereocenters. The van der Waals surface area contributed by atoms with E-state index in [-0.39, 0.29) is 23.7 Å². The van der Waals surface area contributed by atoms with Crippen molar-refractivity contribution in [1.29, 1.82) is 0 Å². The van der Waals surface area contributed by atoms with Crippen molar-refractivity contribution in [3.05, 3.63) is 34.6 Å². The molecule has 0 aliphatic carbocycles. The molecule has 0 heterocycles. The number of carboxylic acids is 1. The maximum Gasteiger partial charge on any atom is 0.321 e. The number of carbonyl (C=O) groups is 3. The highest BCUT2D eigenvalue weighted by Crippen LogP contribution is 2.23. The van der Waals surface area contributed by atoms with Gasteiger partial charge in [-0.2, -0.15) is 0 Å². The minimum absolute atomic E-state index is 0.269. The average Bonchev–Trinajstić information content (AvgIpc) is 2.37. The molecular formula is C12H12FNO4. The van der Waals surface area contributed by atoms with Gasteiger partial charge in [-0.3, -0.25) is 14.4 Å². The number of halogens is 1. The Kier molecular flexibility index (Phi) is 4.28. The van der Waals surface area contributed by atoms with Gasteiger partial charge in [0.2, 0.25) is 0 Å². The number of carbonyl (C=O) groups excluding carboxylic acids is 2. The molecule has 0 aliphatic heterocycles. The molecule has 0 bridgehead atoms. The van der Waals surface area contributed by atoms with Gasteiger partial charge >= 0.3 is 5.97 Å². The molecule has 1 aromatic rings. The van der Waals surface area contributed by atoms with Gasteiger partial charge < -0.3 is 10.8 Å². The van der Waals surface area contributed by atoms with Gasteiger partial charge in [0.25, 0.3) is 0 Å². The molecule has 96 valence electrons. The van der Waals surface area contributed by atoms with E-state index in [0.717, 1.165) is 0 Å². The molecule has 6 heteroatoms. The van der Waals surface area contributed by atoms with Crippen LogP contribution in [0.1, 0.15) is 39.1 Å². The molecule has 0 spiro atoms. The predicted octanol–water partition coefficient (Wildman–Crippen LogP) is 0.966. The summed E-state index contributed by atoms with van der Waals surface area (Å²) >= 11 is 0. The monoisotopic (exact) mass is 253 g/mol. The summed E-state index contributed by atoms with van der Waals surface area (Å²) in [4.78, 5) is 32.1. The molecule has 18 heavy (non-hydrogen) atoms. The summed E-state index contributed by atoms with van der Waals surface area (Å²) in [7, 11) is 0. The van der Waals surface area contributed by atoms with Crippen LogP contribution in [0.3, 0.4) is 0 Å². The lowest BCUT2D eigenvalue weighted by atomic mass is 9.91. The number of aliphatic carboxylic acids is 1. The van der Waals surface area contributed by atoms with Gasteiger partial charge in [0.15, 0.2) is 12.6 Å². The molecule has 0 saturated heterocycles. The number of hydrogen-bond acceptors (Lipinski definition) is 4. The van der Waals surface area contributed by atoms with Crippen molar-refractivity contribution in [2.75, 3.05) is 0 Å². The lowest BCUT2D eigenvalue weighted by molar-refractivity contribution is -0.139. The van der Waals surface area contributed by atoms with Crippen LogP contribution in [-0.2, 0) is 4.79 Å². The fourth-order valence-corrected chi connectivity index (χ4v) is 1.55. The Balaban J connectivity index is 3.29. The lowest BCUT2D eigenvalue weighted by Gasteiger charge is -2.17. The van der Waals surface area contributed by atoms with Crippen LogP contribution >= 0.6 is 0 Å². The minimum Gasteiger partial charge on any atom is -0.480 e. The van der Waals surface area contributed by atoms with Crippen molar-refractivity contribution in [3.8, 4) is 0 Å². The SMILES string of the molecule is CC(c1cc(C=O)c(F)c(C=O)c1)[C@@H](N)C(=O)O. The van der Waals surface area contributed by atoms with Crippen molar-refractivity contribution >= 4 is 18.5 Å². The number of rotatable bonds is 5. The van der Waals surface area contributed by atoms with E-state index in [9.17, 15) is 18.8 Å². The maximum absolute atomic E-state index is 13.5.